The van der Waals surface area contributed by atoms with Crippen molar-refractivity contribution in [2.45, 2.75) is 57.4 Å². The third-order valence-corrected chi connectivity index (χ3v) is 5.04. The number of aromatic hydroxyl groups is 1. The minimum absolute atomic E-state index is 0.0778. The van der Waals surface area contributed by atoms with Crippen molar-refractivity contribution in [3.8, 4) is 5.75 Å². The monoisotopic (exact) mass is 347 g/mol. The maximum atomic E-state index is 11.8. The number of hydrogen-bond donors (Lipinski definition) is 3. The van der Waals surface area contributed by atoms with Gasteiger partial charge in [0.15, 0.2) is 0 Å². The molecule has 2 rings (SSSR count). The minimum Gasteiger partial charge on any atom is -0.508 e. The molecule has 1 aliphatic rings. The van der Waals surface area contributed by atoms with Crippen molar-refractivity contribution in [2.75, 3.05) is 26.7 Å². The molecule has 3 N–H and O–H groups in total. The third-order valence-electron chi connectivity index (χ3n) is 5.04. The number of benzene rings is 1. The molecule has 0 saturated heterocycles. The van der Waals surface area contributed by atoms with Crippen LogP contribution in [0.2, 0.25) is 0 Å². The highest BCUT2D eigenvalue weighted by Crippen LogP contribution is 2.21. The van der Waals surface area contributed by atoms with Gasteiger partial charge in [-0.2, -0.15) is 0 Å². The Bertz CT molecular complexity index is 498. The van der Waals surface area contributed by atoms with Crippen LogP contribution in [0.4, 0.5) is 4.79 Å². The van der Waals surface area contributed by atoms with Crippen LogP contribution < -0.4 is 10.6 Å². The Kier molecular flexibility index (Phi) is 8.60. The molecule has 5 heteroatoms. The molecule has 25 heavy (non-hydrogen) atoms. The van der Waals surface area contributed by atoms with Gasteiger partial charge in [-0.05, 0) is 63.4 Å². The van der Waals surface area contributed by atoms with Gasteiger partial charge in [0.25, 0.3) is 0 Å². The van der Waals surface area contributed by atoms with Gasteiger partial charge < -0.3 is 20.6 Å². The SMILES string of the molecule is CN(CCCNC(=O)NCCCc1ccc(O)cc1)C1CCCCC1. The zero-order valence-corrected chi connectivity index (χ0v) is 15.5. The Hall–Kier alpha value is -1.75. The van der Waals surface area contributed by atoms with E-state index in [2.05, 4.69) is 22.6 Å². The molecule has 0 heterocycles. The Morgan fingerprint density at radius 3 is 2.40 bits per heavy atom. The van der Waals surface area contributed by atoms with Crippen molar-refractivity contribution in [1.29, 1.82) is 0 Å². The average molecular weight is 348 g/mol. The molecule has 5 nitrogen and oxygen atoms in total. The van der Waals surface area contributed by atoms with Crippen LogP contribution in [0.25, 0.3) is 0 Å². The van der Waals surface area contributed by atoms with E-state index < -0.39 is 0 Å². The molecule has 0 bridgehead atoms. The van der Waals surface area contributed by atoms with Crippen LogP contribution in [-0.2, 0) is 6.42 Å². The van der Waals surface area contributed by atoms with E-state index in [0.29, 0.717) is 6.54 Å². The first-order chi connectivity index (χ1) is 12.1. The summed E-state index contributed by atoms with van der Waals surface area (Å²) < 4.78 is 0. The molecule has 0 spiro atoms. The van der Waals surface area contributed by atoms with Crippen molar-refractivity contribution in [2.24, 2.45) is 0 Å². The predicted octanol–water partition coefficient (Wildman–Crippen LogP) is 3.28. The second kappa shape index (κ2) is 11.0. The van der Waals surface area contributed by atoms with Crippen LogP contribution in [0, 0.1) is 0 Å². The molecule has 2 amide bonds. The number of carbonyl (C=O) groups is 1. The van der Waals surface area contributed by atoms with Gasteiger partial charge in [0.1, 0.15) is 5.75 Å². The number of aryl methyl sites for hydroxylation is 1. The van der Waals surface area contributed by atoms with Crippen molar-refractivity contribution >= 4 is 6.03 Å². The number of hydrogen-bond acceptors (Lipinski definition) is 3. The van der Waals surface area contributed by atoms with Gasteiger partial charge in [-0.25, -0.2) is 4.79 Å². The van der Waals surface area contributed by atoms with Crippen molar-refractivity contribution < 1.29 is 9.90 Å². The summed E-state index contributed by atoms with van der Waals surface area (Å²) in [5, 5.41) is 15.1. The number of urea groups is 1. The lowest BCUT2D eigenvalue weighted by molar-refractivity contribution is 0.189. The van der Waals surface area contributed by atoms with Crippen LogP contribution in [0.1, 0.15) is 50.5 Å². The summed E-state index contributed by atoms with van der Waals surface area (Å²) in [7, 11) is 2.21. The predicted molar refractivity (Wildman–Crippen MR) is 102 cm³/mol. The fourth-order valence-corrected chi connectivity index (χ4v) is 3.45. The molecular weight excluding hydrogens is 314 g/mol. The standard InChI is InChI=1S/C20H33N3O2/c1-23(18-8-3-2-4-9-18)16-6-15-22-20(25)21-14-5-7-17-10-12-19(24)13-11-17/h10-13,18,24H,2-9,14-16H2,1H3,(H2,21,22,25). The van der Waals surface area contributed by atoms with Crippen LogP contribution in [0.5, 0.6) is 5.75 Å². The number of rotatable bonds is 9. The lowest BCUT2D eigenvalue weighted by Crippen LogP contribution is -2.39. The number of nitrogens with one attached hydrogen (secondary N) is 2. The van der Waals surface area contributed by atoms with Gasteiger partial charge in [0, 0.05) is 19.1 Å². The van der Waals surface area contributed by atoms with E-state index in [0.717, 1.165) is 38.4 Å². The quantitative estimate of drug-likeness (QED) is 0.601. The van der Waals surface area contributed by atoms with Crippen LogP contribution in [-0.4, -0.2) is 48.8 Å². The molecule has 1 aliphatic carbocycles. The Balaban J connectivity index is 1.47. The number of phenols is 1. The Morgan fingerprint density at radius 2 is 1.72 bits per heavy atom. The van der Waals surface area contributed by atoms with Gasteiger partial charge in [-0.3, -0.25) is 0 Å². The van der Waals surface area contributed by atoms with E-state index in [9.17, 15) is 9.90 Å². The fraction of sp³-hybridized carbons (Fsp3) is 0.650. The topological polar surface area (TPSA) is 64.6 Å². The highest BCUT2D eigenvalue weighted by atomic mass is 16.3. The van der Waals surface area contributed by atoms with Gasteiger partial charge >= 0.3 is 6.03 Å². The minimum atomic E-state index is -0.0778. The molecular formula is C20H33N3O2. The smallest absolute Gasteiger partial charge is 0.314 e. The first-order valence-corrected chi connectivity index (χ1v) is 9.65. The summed E-state index contributed by atoms with van der Waals surface area (Å²) in [6, 6.07) is 7.88. The molecule has 0 unspecified atom stereocenters. The molecule has 0 atom stereocenters. The maximum absolute atomic E-state index is 11.8. The van der Waals surface area contributed by atoms with E-state index in [-0.39, 0.29) is 11.8 Å². The molecule has 0 aliphatic heterocycles. The van der Waals surface area contributed by atoms with Crippen LogP contribution in [0.3, 0.4) is 0 Å². The van der Waals surface area contributed by atoms with Gasteiger partial charge in [-0.15, -0.1) is 0 Å². The summed E-state index contributed by atoms with van der Waals surface area (Å²) in [5.41, 5.74) is 1.17. The first kappa shape index (κ1) is 19.6. The molecule has 0 aromatic heterocycles. The fourth-order valence-electron chi connectivity index (χ4n) is 3.45. The lowest BCUT2D eigenvalue weighted by Gasteiger charge is -2.31. The van der Waals surface area contributed by atoms with E-state index in [4.69, 9.17) is 0 Å². The molecule has 1 aromatic rings. The number of phenolic OH excluding ortho intramolecular Hbond substituents is 1. The molecule has 1 saturated carbocycles. The zero-order valence-electron chi connectivity index (χ0n) is 15.5. The summed E-state index contributed by atoms with van der Waals surface area (Å²) in [6.45, 7) is 2.43. The Morgan fingerprint density at radius 1 is 1.08 bits per heavy atom. The summed E-state index contributed by atoms with van der Waals surface area (Å²) in [6.07, 6.45) is 9.54. The van der Waals surface area contributed by atoms with Gasteiger partial charge in [0.05, 0.1) is 0 Å². The van der Waals surface area contributed by atoms with E-state index in [1.807, 2.05) is 12.1 Å². The number of nitrogens with zero attached hydrogens (tertiary/aromatic N) is 1. The Labute approximate surface area is 151 Å². The van der Waals surface area contributed by atoms with Crippen molar-refractivity contribution in [3.05, 3.63) is 29.8 Å². The highest BCUT2D eigenvalue weighted by Gasteiger charge is 2.17. The van der Waals surface area contributed by atoms with Crippen molar-refractivity contribution in [1.82, 2.24) is 15.5 Å². The molecule has 140 valence electrons. The average Bonchev–Trinajstić information content (AvgIpc) is 2.64. The van der Waals surface area contributed by atoms with Crippen LogP contribution in [0.15, 0.2) is 24.3 Å². The van der Waals surface area contributed by atoms with Gasteiger partial charge in [-0.1, -0.05) is 31.4 Å². The van der Waals surface area contributed by atoms with Gasteiger partial charge in [0.2, 0.25) is 0 Å². The highest BCUT2D eigenvalue weighted by molar-refractivity contribution is 5.73. The molecule has 1 fully saturated rings. The second-order valence-corrected chi connectivity index (χ2v) is 7.08. The normalized spacial score (nSPS) is 15.3. The summed E-state index contributed by atoms with van der Waals surface area (Å²) >= 11 is 0. The summed E-state index contributed by atoms with van der Waals surface area (Å²) in [4.78, 5) is 14.2. The first-order valence-electron chi connectivity index (χ1n) is 9.65. The third kappa shape index (κ3) is 7.78. The second-order valence-electron chi connectivity index (χ2n) is 7.08. The van der Waals surface area contributed by atoms with Crippen molar-refractivity contribution in [3.63, 3.8) is 0 Å². The lowest BCUT2D eigenvalue weighted by atomic mass is 9.94. The largest absolute Gasteiger partial charge is 0.508 e. The van der Waals surface area contributed by atoms with Crippen LogP contribution >= 0.6 is 0 Å². The zero-order chi connectivity index (χ0) is 17.9. The maximum Gasteiger partial charge on any atom is 0.314 e. The van der Waals surface area contributed by atoms with E-state index in [1.165, 1.54) is 37.7 Å². The summed E-state index contributed by atoms with van der Waals surface area (Å²) in [5.74, 6) is 0.287. The number of amides is 2. The van der Waals surface area contributed by atoms with E-state index in [1.54, 1.807) is 12.1 Å². The molecule has 0 radical (unpaired) electrons. The molecule has 1 aromatic carbocycles. The van der Waals surface area contributed by atoms with E-state index >= 15 is 0 Å². The number of carbonyl (C=O) groups excluding carboxylic acids is 1.